The van der Waals surface area contributed by atoms with Crippen LogP contribution in [0.4, 0.5) is 0 Å². The van der Waals surface area contributed by atoms with E-state index in [9.17, 15) is 0 Å². The topological polar surface area (TPSA) is 249 Å². The van der Waals surface area contributed by atoms with Crippen LogP contribution in [-0.2, 0) is 39.3 Å². The van der Waals surface area contributed by atoms with Gasteiger partial charge in [0.15, 0.2) is 0 Å². The highest BCUT2D eigenvalue weighted by atomic mass is 31.3. The number of benzene rings is 6. The monoisotopic (exact) mass is 867 g/mol. The van der Waals surface area contributed by atoms with Gasteiger partial charge in [0.25, 0.3) is 0 Å². The molecule has 1 aliphatic rings. The lowest BCUT2D eigenvalue weighted by atomic mass is 10.2. The van der Waals surface area contributed by atoms with Crippen LogP contribution in [0.15, 0.2) is 159 Å². The molecule has 0 bridgehead atoms. The average Bonchev–Trinajstić information content (AvgIpc) is 3.27. The maximum absolute atomic E-state index is 6.91. The summed E-state index contributed by atoms with van der Waals surface area (Å²) in [6, 6.07) is 43.3. The minimum Gasteiger partial charge on any atom is -0.413 e. The maximum atomic E-state index is 6.91. The third-order valence-corrected chi connectivity index (χ3v) is 17.1. The molecule has 15 nitrogen and oxygen atoms in total. The standard InChI is InChI=1S/C42H48N9O6P3/c43-25-31-1-13-37(14-2-31)52-58(53-38-15-3-32(26-44)4-16-38)49-59(54-39-17-5-33(27-45)6-18-39,55-40-19-7-34(28-46)8-20-40)51-60(50-58,56-41-21-9-35(29-47)10-22-41)57-42-23-11-36(30-48)12-24-42/h1-24H,25-30,43-48H2. The Morgan fingerprint density at radius 1 is 0.250 bits per heavy atom. The normalized spacial score (nSPS) is 14.7. The molecule has 6 aromatic carbocycles. The van der Waals surface area contributed by atoms with E-state index in [1.807, 2.05) is 72.8 Å². The van der Waals surface area contributed by atoms with Crippen molar-refractivity contribution in [3.63, 3.8) is 0 Å². The fourth-order valence-electron chi connectivity index (χ4n) is 5.70. The van der Waals surface area contributed by atoms with Crippen LogP contribution >= 0.6 is 23.0 Å². The summed E-state index contributed by atoms with van der Waals surface area (Å²) in [6.45, 7) is 1.93. The summed E-state index contributed by atoms with van der Waals surface area (Å²) < 4.78 is 57.3. The molecule has 1 aliphatic heterocycles. The first-order chi connectivity index (χ1) is 29.2. The van der Waals surface area contributed by atoms with Crippen molar-refractivity contribution in [3.05, 3.63) is 179 Å². The molecule has 0 unspecified atom stereocenters. The maximum Gasteiger partial charge on any atom is 0.460 e. The van der Waals surface area contributed by atoms with E-state index >= 15 is 0 Å². The highest BCUT2D eigenvalue weighted by Gasteiger charge is 2.49. The number of nitrogens with zero attached hydrogens (tertiary/aromatic N) is 3. The summed E-state index contributed by atoms with van der Waals surface area (Å²) >= 11 is 0. The molecular weight excluding hydrogens is 819 g/mol. The molecule has 0 radical (unpaired) electrons. The first kappa shape index (κ1) is 42.7. The molecule has 0 aliphatic carbocycles. The van der Waals surface area contributed by atoms with E-state index in [4.69, 9.17) is 75.1 Å². The molecule has 0 aromatic heterocycles. The van der Waals surface area contributed by atoms with Crippen molar-refractivity contribution in [2.75, 3.05) is 0 Å². The Kier molecular flexibility index (Phi) is 13.7. The van der Waals surface area contributed by atoms with Crippen LogP contribution in [-0.4, -0.2) is 0 Å². The van der Waals surface area contributed by atoms with Crippen molar-refractivity contribution >= 4 is 23.0 Å². The minimum atomic E-state index is -4.12. The summed E-state index contributed by atoms with van der Waals surface area (Å²) in [5.74, 6) is 2.19. The fraction of sp³-hybridized carbons (Fsp3) is 0.143. The van der Waals surface area contributed by atoms with Crippen LogP contribution in [0.2, 0.25) is 0 Å². The Balaban J connectivity index is 1.55. The zero-order chi connectivity index (χ0) is 42.0. The van der Waals surface area contributed by atoms with Crippen LogP contribution in [0.5, 0.6) is 34.5 Å². The van der Waals surface area contributed by atoms with Gasteiger partial charge in [-0.05, 0) is 106 Å². The molecule has 0 saturated heterocycles. The molecule has 12 N–H and O–H groups in total. The Labute approximate surface area is 349 Å². The minimum absolute atomic E-state index is 0.322. The Bertz CT molecular complexity index is 2070. The van der Waals surface area contributed by atoms with Crippen molar-refractivity contribution in [2.45, 2.75) is 39.3 Å². The first-order valence-corrected chi connectivity index (χ1v) is 23.6. The van der Waals surface area contributed by atoms with E-state index in [-0.39, 0.29) is 0 Å². The molecule has 0 amide bonds. The van der Waals surface area contributed by atoms with Gasteiger partial charge in [-0.15, -0.1) is 0 Å². The fourth-order valence-corrected chi connectivity index (χ4v) is 14.8. The highest BCUT2D eigenvalue weighted by molar-refractivity contribution is 7.79. The lowest BCUT2D eigenvalue weighted by molar-refractivity contribution is 0.443. The quantitative estimate of drug-likeness (QED) is 0.0443. The lowest BCUT2D eigenvalue weighted by Gasteiger charge is -2.33. The Morgan fingerprint density at radius 3 is 0.500 bits per heavy atom. The van der Waals surface area contributed by atoms with E-state index in [1.165, 1.54) is 0 Å². The molecule has 0 saturated carbocycles. The van der Waals surface area contributed by atoms with E-state index in [0.717, 1.165) is 33.4 Å². The van der Waals surface area contributed by atoms with Crippen LogP contribution in [0.3, 0.4) is 0 Å². The van der Waals surface area contributed by atoms with Crippen molar-refractivity contribution in [2.24, 2.45) is 47.9 Å². The van der Waals surface area contributed by atoms with Gasteiger partial charge in [0, 0.05) is 39.3 Å². The molecule has 7 rings (SSSR count). The number of nitrogens with two attached hydrogens (primary N) is 6. The summed E-state index contributed by atoms with van der Waals surface area (Å²) in [6.07, 6.45) is 0. The van der Waals surface area contributed by atoms with Crippen molar-refractivity contribution in [3.8, 4) is 34.5 Å². The van der Waals surface area contributed by atoms with Gasteiger partial charge in [-0.3, -0.25) is 0 Å². The highest BCUT2D eigenvalue weighted by Crippen LogP contribution is 2.78. The summed E-state index contributed by atoms with van der Waals surface area (Å²) in [4.78, 5) is 0. The second-order valence-corrected chi connectivity index (χ2v) is 19.6. The SMILES string of the molecule is NCc1ccc(OP2(Oc3ccc(CN)cc3)=NP(Oc3ccc(CN)cc3)(Oc3ccc(CN)cc3)=NP(Oc3ccc(CN)cc3)(Oc3ccc(CN)cc3)=N2)cc1. The largest absolute Gasteiger partial charge is 0.460 e. The molecule has 1 heterocycles. The van der Waals surface area contributed by atoms with Gasteiger partial charge in [-0.2, -0.15) is 0 Å². The van der Waals surface area contributed by atoms with Gasteiger partial charge in [0.1, 0.15) is 34.5 Å². The molecule has 312 valence electrons. The molecule has 0 atom stereocenters. The van der Waals surface area contributed by atoms with E-state index in [2.05, 4.69) is 0 Å². The smallest absolute Gasteiger partial charge is 0.413 e. The molecule has 0 spiro atoms. The summed E-state index contributed by atoms with van der Waals surface area (Å²) in [5.41, 5.74) is 41.1. The van der Waals surface area contributed by atoms with Gasteiger partial charge >= 0.3 is 23.0 Å². The third-order valence-electron chi connectivity index (χ3n) is 8.98. The van der Waals surface area contributed by atoms with Crippen LogP contribution < -0.4 is 61.5 Å². The van der Waals surface area contributed by atoms with Gasteiger partial charge in [0.05, 0.1) is 0 Å². The zero-order valence-electron chi connectivity index (χ0n) is 32.7. The van der Waals surface area contributed by atoms with Crippen LogP contribution in [0, 0.1) is 0 Å². The molecule has 18 heteroatoms. The summed E-state index contributed by atoms with van der Waals surface area (Å²) in [5, 5.41) is 0. The van der Waals surface area contributed by atoms with Crippen LogP contribution in [0.1, 0.15) is 33.4 Å². The molecule has 6 aromatic rings. The molecule has 60 heavy (non-hydrogen) atoms. The van der Waals surface area contributed by atoms with E-state index < -0.39 is 23.0 Å². The van der Waals surface area contributed by atoms with Crippen molar-refractivity contribution in [1.82, 2.24) is 0 Å². The van der Waals surface area contributed by atoms with Gasteiger partial charge < -0.3 is 61.5 Å². The second kappa shape index (κ2) is 19.3. The average molecular weight is 868 g/mol. The Morgan fingerprint density at radius 2 is 0.383 bits per heavy atom. The predicted octanol–water partition coefficient (Wildman–Crippen LogP) is 9.06. The zero-order valence-corrected chi connectivity index (χ0v) is 35.4. The lowest BCUT2D eigenvalue weighted by Crippen LogP contribution is -2.11. The van der Waals surface area contributed by atoms with Gasteiger partial charge in [-0.1, -0.05) is 86.3 Å². The van der Waals surface area contributed by atoms with Crippen LogP contribution in [0.25, 0.3) is 0 Å². The summed E-state index contributed by atoms with van der Waals surface area (Å²) in [7, 11) is -12.4. The van der Waals surface area contributed by atoms with Crippen molar-refractivity contribution < 1.29 is 27.1 Å². The first-order valence-electron chi connectivity index (χ1n) is 19.0. The number of hydrogen-bond acceptors (Lipinski definition) is 15. The Hall–Kier alpha value is -5.43. The second-order valence-electron chi connectivity index (χ2n) is 13.4. The van der Waals surface area contributed by atoms with Gasteiger partial charge in [0.2, 0.25) is 0 Å². The van der Waals surface area contributed by atoms with Crippen molar-refractivity contribution in [1.29, 1.82) is 0 Å². The predicted molar refractivity (Wildman–Crippen MR) is 238 cm³/mol. The third kappa shape index (κ3) is 10.7. The van der Waals surface area contributed by atoms with E-state index in [0.29, 0.717) is 73.8 Å². The van der Waals surface area contributed by atoms with E-state index in [1.54, 1.807) is 72.8 Å². The van der Waals surface area contributed by atoms with Gasteiger partial charge in [-0.25, -0.2) is 0 Å². The number of hydrogen-bond donors (Lipinski definition) is 6. The molecule has 0 fully saturated rings. The molecular formula is C42H48N9O6P3. The number of rotatable bonds is 18.